The summed E-state index contributed by atoms with van der Waals surface area (Å²) in [6.07, 6.45) is 3.64. The Labute approximate surface area is 122 Å². The molecule has 19 heavy (non-hydrogen) atoms. The van der Waals surface area contributed by atoms with Crippen molar-refractivity contribution in [2.24, 2.45) is 0 Å². The van der Waals surface area contributed by atoms with Crippen LogP contribution in [-0.4, -0.2) is 28.0 Å². The number of aromatic amines is 1. The van der Waals surface area contributed by atoms with Gasteiger partial charge >= 0.3 is 0 Å². The van der Waals surface area contributed by atoms with Gasteiger partial charge in [-0.15, -0.1) is 0 Å². The number of carbonyl (C=O) groups excluding carboxylic acids is 1. The lowest BCUT2D eigenvalue weighted by atomic mass is 9.79. The van der Waals surface area contributed by atoms with Gasteiger partial charge in [-0.25, -0.2) is 0 Å². The molecule has 1 aromatic heterocycles. The van der Waals surface area contributed by atoms with E-state index in [1.165, 1.54) is 0 Å². The van der Waals surface area contributed by atoms with Gasteiger partial charge in [0.1, 0.15) is 5.69 Å². The zero-order valence-corrected chi connectivity index (χ0v) is 13.5. The molecule has 3 N–H and O–H groups in total. The second-order valence-corrected chi connectivity index (χ2v) is 7.62. The maximum absolute atomic E-state index is 12.2. The van der Waals surface area contributed by atoms with Crippen LogP contribution in [0.1, 0.15) is 51.0 Å². The normalized spacial score (nSPS) is 22.2. The van der Waals surface area contributed by atoms with Crippen molar-refractivity contribution < 1.29 is 4.79 Å². The molecule has 2 rings (SSSR count). The van der Waals surface area contributed by atoms with Crippen LogP contribution in [0, 0.1) is 0 Å². The molecule has 0 aromatic carbocycles. The van der Waals surface area contributed by atoms with Gasteiger partial charge in [-0.3, -0.25) is 4.79 Å². The van der Waals surface area contributed by atoms with Gasteiger partial charge in [-0.05, 0) is 62.5 Å². The van der Waals surface area contributed by atoms with Gasteiger partial charge in [-0.2, -0.15) is 0 Å². The monoisotopic (exact) mass is 327 g/mol. The maximum Gasteiger partial charge on any atom is 0.267 e. The summed E-state index contributed by atoms with van der Waals surface area (Å²) in [6, 6.07) is 1.99. The van der Waals surface area contributed by atoms with Crippen molar-refractivity contribution in [3.63, 3.8) is 0 Å². The first-order valence-corrected chi connectivity index (χ1v) is 7.40. The smallest absolute Gasteiger partial charge is 0.267 e. The first-order valence-electron chi connectivity index (χ1n) is 6.61. The Morgan fingerprint density at radius 1 is 1.32 bits per heavy atom. The molecular weight excluding hydrogens is 306 g/mol. The lowest BCUT2D eigenvalue weighted by Gasteiger charge is -2.46. The first kappa shape index (κ1) is 14.6. The fourth-order valence-corrected chi connectivity index (χ4v) is 3.53. The predicted octanol–water partition coefficient (Wildman–Crippen LogP) is 2.82. The Balaban J connectivity index is 2.04. The van der Waals surface area contributed by atoms with Crippen LogP contribution in [0.3, 0.4) is 0 Å². The lowest BCUT2D eigenvalue weighted by Crippen LogP contribution is -2.62. The summed E-state index contributed by atoms with van der Waals surface area (Å²) in [5.74, 6) is -0.0378. The van der Waals surface area contributed by atoms with Crippen molar-refractivity contribution in [3.8, 4) is 0 Å². The van der Waals surface area contributed by atoms with Gasteiger partial charge in [0, 0.05) is 27.8 Å². The van der Waals surface area contributed by atoms with E-state index in [0.717, 1.165) is 17.3 Å². The van der Waals surface area contributed by atoms with E-state index in [9.17, 15) is 4.79 Å². The fraction of sp³-hybridized carbons (Fsp3) is 0.643. The summed E-state index contributed by atoms with van der Waals surface area (Å²) in [5.41, 5.74) is 0.674. The van der Waals surface area contributed by atoms with Crippen molar-refractivity contribution >= 4 is 21.8 Å². The number of H-pyrrole nitrogens is 1. The molecule has 1 amide bonds. The molecule has 0 aliphatic carbocycles. The molecule has 1 aliphatic heterocycles. The van der Waals surface area contributed by atoms with Gasteiger partial charge < -0.3 is 15.6 Å². The molecule has 106 valence electrons. The number of nitrogens with one attached hydrogen (secondary N) is 3. The molecule has 0 atom stereocenters. The van der Waals surface area contributed by atoms with Crippen molar-refractivity contribution in [1.29, 1.82) is 0 Å². The van der Waals surface area contributed by atoms with Crippen molar-refractivity contribution in [1.82, 2.24) is 15.6 Å². The van der Waals surface area contributed by atoms with Crippen LogP contribution in [-0.2, 0) is 0 Å². The summed E-state index contributed by atoms with van der Waals surface area (Å²) in [4.78, 5) is 15.1. The quantitative estimate of drug-likeness (QED) is 0.782. The van der Waals surface area contributed by atoms with Gasteiger partial charge in [0.05, 0.1) is 0 Å². The minimum absolute atomic E-state index is 0.0377. The van der Waals surface area contributed by atoms with E-state index < -0.39 is 0 Å². The highest BCUT2D eigenvalue weighted by molar-refractivity contribution is 9.10. The highest BCUT2D eigenvalue weighted by atomic mass is 79.9. The second-order valence-electron chi connectivity index (χ2n) is 6.70. The van der Waals surface area contributed by atoms with Crippen LogP contribution >= 0.6 is 15.9 Å². The summed E-state index contributed by atoms with van der Waals surface area (Å²) in [6.45, 7) is 8.72. The summed E-state index contributed by atoms with van der Waals surface area (Å²) in [5, 5.41) is 6.74. The number of aromatic nitrogens is 1. The van der Waals surface area contributed by atoms with E-state index in [-0.39, 0.29) is 23.0 Å². The SMILES string of the molecule is CC1(C)CC(NC(=O)c2cc(Br)c[nH]2)CC(C)(C)N1. The van der Waals surface area contributed by atoms with Gasteiger partial charge in [0.25, 0.3) is 5.91 Å². The second kappa shape index (κ2) is 4.94. The van der Waals surface area contributed by atoms with Crippen LogP contribution in [0.5, 0.6) is 0 Å². The van der Waals surface area contributed by atoms with E-state index in [1.54, 1.807) is 12.3 Å². The Morgan fingerprint density at radius 3 is 2.37 bits per heavy atom. The van der Waals surface area contributed by atoms with E-state index in [2.05, 4.69) is 59.2 Å². The molecule has 0 spiro atoms. The molecule has 1 aromatic rings. The van der Waals surface area contributed by atoms with Crippen LogP contribution in [0.15, 0.2) is 16.7 Å². The van der Waals surface area contributed by atoms with Crippen molar-refractivity contribution in [2.75, 3.05) is 0 Å². The minimum atomic E-state index is -0.0378. The molecule has 5 heteroatoms. The molecule has 1 aliphatic rings. The molecule has 0 unspecified atom stereocenters. The highest BCUT2D eigenvalue weighted by Gasteiger charge is 2.38. The van der Waals surface area contributed by atoms with Crippen LogP contribution in [0.2, 0.25) is 0 Å². The zero-order chi connectivity index (χ0) is 14.3. The number of hydrogen-bond acceptors (Lipinski definition) is 2. The van der Waals surface area contributed by atoms with E-state index in [0.29, 0.717) is 5.69 Å². The predicted molar refractivity (Wildman–Crippen MR) is 80.3 cm³/mol. The third-order valence-electron chi connectivity index (χ3n) is 3.42. The first-order chi connectivity index (χ1) is 8.67. The standard InChI is InChI=1S/C14H22BrN3O/c1-13(2)6-10(7-14(3,4)18-13)17-12(19)11-5-9(15)8-16-11/h5,8,10,16,18H,6-7H2,1-4H3,(H,17,19). The van der Waals surface area contributed by atoms with Gasteiger partial charge in [0.15, 0.2) is 0 Å². The van der Waals surface area contributed by atoms with E-state index >= 15 is 0 Å². The molecule has 1 fully saturated rings. The number of halogens is 1. The molecule has 1 saturated heterocycles. The van der Waals surface area contributed by atoms with Crippen LogP contribution in [0.25, 0.3) is 0 Å². The topological polar surface area (TPSA) is 56.9 Å². The Hall–Kier alpha value is -0.810. The molecular formula is C14H22BrN3O. The fourth-order valence-electron chi connectivity index (χ4n) is 3.19. The molecule has 2 heterocycles. The molecule has 0 saturated carbocycles. The summed E-state index contributed by atoms with van der Waals surface area (Å²) >= 11 is 3.34. The van der Waals surface area contributed by atoms with Crippen LogP contribution < -0.4 is 10.6 Å². The summed E-state index contributed by atoms with van der Waals surface area (Å²) < 4.78 is 0.892. The lowest BCUT2D eigenvalue weighted by molar-refractivity contribution is 0.0869. The van der Waals surface area contributed by atoms with Gasteiger partial charge in [0.2, 0.25) is 0 Å². The Kier molecular flexibility index (Phi) is 3.80. The average molecular weight is 328 g/mol. The third-order valence-corrected chi connectivity index (χ3v) is 3.88. The highest BCUT2D eigenvalue weighted by Crippen LogP contribution is 2.28. The van der Waals surface area contributed by atoms with Gasteiger partial charge in [-0.1, -0.05) is 0 Å². The molecule has 0 radical (unpaired) electrons. The largest absolute Gasteiger partial charge is 0.356 e. The maximum atomic E-state index is 12.2. The minimum Gasteiger partial charge on any atom is -0.356 e. The van der Waals surface area contributed by atoms with Crippen molar-refractivity contribution in [3.05, 3.63) is 22.4 Å². The zero-order valence-electron chi connectivity index (χ0n) is 11.9. The molecule has 4 nitrogen and oxygen atoms in total. The molecule has 0 bridgehead atoms. The Morgan fingerprint density at radius 2 is 1.89 bits per heavy atom. The number of piperidine rings is 1. The number of amides is 1. The van der Waals surface area contributed by atoms with Crippen molar-refractivity contribution in [2.45, 2.75) is 57.7 Å². The van der Waals surface area contributed by atoms with Crippen LogP contribution in [0.4, 0.5) is 0 Å². The number of rotatable bonds is 2. The Bertz CT molecular complexity index is 463. The summed E-state index contributed by atoms with van der Waals surface area (Å²) in [7, 11) is 0. The third kappa shape index (κ3) is 3.83. The number of hydrogen-bond donors (Lipinski definition) is 3. The van der Waals surface area contributed by atoms with E-state index in [1.807, 2.05) is 0 Å². The van der Waals surface area contributed by atoms with E-state index in [4.69, 9.17) is 0 Å². The number of carbonyl (C=O) groups is 1. The average Bonchev–Trinajstić information content (AvgIpc) is 2.59.